The Labute approximate surface area is 271 Å². The fourth-order valence-corrected chi connectivity index (χ4v) is 5.57. The fourth-order valence-electron chi connectivity index (χ4n) is 5.57. The molecule has 0 bridgehead atoms. The van der Waals surface area contributed by atoms with E-state index in [1.807, 2.05) is 25.0 Å². The van der Waals surface area contributed by atoms with Crippen molar-refractivity contribution in [1.82, 2.24) is 4.90 Å². The van der Waals surface area contributed by atoms with Crippen LogP contribution < -0.4 is 28.4 Å². The van der Waals surface area contributed by atoms with Crippen LogP contribution in [0.3, 0.4) is 0 Å². The highest BCUT2D eigenvalue weighted by molar-refractivity contribution is 6.03. The number of aliphatic imine (C=N–C) groups is 1. The molecule has 5 rings (SSSR count). The number of amides is 1. The van der Waals surface area contributed by atoms with E-state index in [1.54, 1.807) is 50.6 Å². The number of fused-ring (bicyclic) bond motifs is 2. The minimum atomic E-state index is -0.534. The highest BCUT2D eigenvalue weighted by Gasteiger charge is 2.32. The quantitative estimate of drug-likeness (QED) is 0.187. The van der Waals surface area contributed by atoms with Crippen molar-refractivity contribution in [3.63, 3.8) is 0 Å². The van der Waals surface area contributed by atoms with Crippen molar-refractivity contribution >= 4 is 17.8 Å². The molecule has 3 atom stereocenters. The molecule has 1 saturated heterocycles. The first-order valence-electron chi connectivity index (χ1n) is 15.8. The normalized spacial score (nSPS) is 16.2. The number of ether oxygens (including phenoxy) is 6. The molecule has 2 heterocycles. The van der Waals surface area contributed by atoms with Crippen LogP contribution in [0, 0.1) is 17.7 Å². The molecule has 1 amide bonds. The SMILES string of the molecule is CC.COc1ccc(Oc2ccc(OCC(C)CC(C)COc3cc4c(cc3OC)C(=O)N3CCCC3C=N4)cc2F)cc1OC. The monoisotopic (exact) mass is 636 g/mol. The maximum atomic E-state index is 14.8. The van der Waals surface area contributed by atoms with Crippen molar-refractivity contribution < 1.29 is 37.6 Å². The molecule has 0 spiro atoms. The lowest BCUT2D eigenvalue weighted by atomic mass is 9.99. The standard InChI is InChI=1S/C34H39FN2O7.C2H6/c1-21(19-42-24-8-10-29(27(35)14-24)44-25-9-11-30(39-3)31(15-25)40-4)13-22(2)20-43-33-17-28-26(16-32(33)41-5)34(38)37-12-6-7-23(37)18-36-28;1-2/h8-11,14-18,21-23H,6-7,12-13,19-20H2,1-5H3;1-2H3. The molecular weight excluding hydrogens is 591 g/mol. The van der Waals surface area contributed by atoms with E-state index >= 15 is 0 Å². The topological polar surface area (TPSA) is 88.1 Å². The lowest BCUT2D eigenvalue weighted by molar-refractivity contribution is 0.0774. The van der Waals surface area contributed by atoms with Crippen LogP contribution in [0.4, 0.5) is 10.1 Å². The second kappa shape index (κ2) is 16.2. The highest BCUT2D eigenvalue weighted by Crippen LogP contribution is 2.39. The van der Waals surface area contributed by atoms with Crippen molar-refractivity contribution in [2.24, 2.45) is 16.8 Å². The van der Waals surface area contributed by atoms with Gasteiger partial charge in [0.15, 0.2) is 34.6 Å². The number of hydrogen-bond acceptors (Lipinski definition) is 8. The summed E-state index contributed by atoms with van der Waals surface area (Å²) >= 11 is 0. The van der Waals surface area contributed by atoms with Crippen molar-refractivity contribution in [2.75, 3.05) is 41.1 Å². The summed E-state index contributed by atoms with van der Waals surface area (Å²) in [6, 6.07) is 13.1. The Morgan fingerprint density at radius 1 is 0.826 bits per heavy atom. The predicted molar refractivity (Wildman–Crippen MR) is 177 cm³/mol. The molecule has 0 aliphatic carbocycles. The molecule has 9 nitrogen and oxygen atoms in total. The Morgan fingerprint density at radius 2 is 1.48 bits per heavy atom. The van der Waals surface area contributed by atoms with Crippen LogP contribution in [0.1, 0.15) is 57.3 Å². The Bertz CT molecular complexity index is 1510. The average molecular weight is 637 g/mol. The number of halogens is 1. The molecule has 0 radical (unpaired) electrons. The Balaban J connectivity index is 0.00000235. The number of carbonyl (C=O) groups excluding carboxylic acids is 1. The molecule has 10 heteroatoms. The van der Waals surface area contributed by atoms with E-state index in [4.69, 9.17) is 28.4 Å². The maximum Gasteiger partial charge on any atom is 0.256 e. The molecule has 248 valence electrons. The molecule has 3 aromatic rings. The van der Waals surface area contributed by atoms with Crippen LogP contribution in [-0.4, -0.2) is 64.2 Å². The first-order chi connectivity index (χ1) is 22.3. The van der Waals surface area contributed by atoms with Gasteiger partial charge in [-0.1, -0.05) is 27.7 Å². The van der Waals surface area contributed by atoms with Gasteiger partial charge < -0.3 is 33.3 Å². The zero-order valence-corrected chi connectivity index (χ0v) is 27.8. The van der Waals surface area contributed by atoms with Crippen molar-refractivity contribution in [3.05, 3.63) is 59.9 Å². The number of nitrogens with zero attached hydrogens (tertiary/aromatic N) is 2. The molecule has 2 aliphatic rings. The fraction of sp³-hybridized carbons (Fsp3) is 0.444. The van der Waals surface area contributed by atoms with E-state index in [9.17, 15) is 9.18 Å². The Kier molecular flexibility index (Phi) is 12.1. The number of benzene rings is 3. The third-order valence-corrected chi connectivity index (χ3v) is 7.81. The number of rotatable bonds is 13. The van der Waals surface area contributed by atoms with Gasteiger partial charge in [0, 0.05) is 31.0 Å². The van der Waals surface area contributed by atoms with Crippen LogP contribution in [0.15, 0.2) is 53.5 Å². The van der Waals surface area contributed by atoms with Crippen LogP contribution >= 0.6 is 0 Å². The molecular formula is C36H45FN2O7. The van der Waals surface area contributed by atoms with Crippen molar-refractivity contribution in [2.45, 2.75) is 53.0 Å². The van der Waals surface area contributed by atoms with Crippen LogP contribution in [0.25, 0.3) is 0 Å². The lowest BCUT2D eigenvalue weighted by Gasteiger charge is -2.21. The predicted octanol–water partition coefficient (Wildman–Crippen LogP) is 8.11. The molecule has 1 fully saturated rings. The first kappa shape index (κ1) is 34.4. The summed E-state index contributed by atoms with van der Waals surface area (Å²) in [5, 5.41) is 0. The summed E-state index contributed by atoms with van der Waals surface area (Å²) in [5.74, 6) is 2.85. The van der Waals surface area contributed by atoms with Gasteiger partial charge in [-0.2, -0.15) is 0 Å². The van der Waals surface area contributed by atoms with Gasteiger partial charge in [-0.25, -0.2) is 4.39 Å². The zero-order chi connectivity index (χ0) is 33.2. The minimum absolute atomic E-state index is 0.0213. The van der Waals surface area contributed by atoms with Crippen molar-refractivity contribution in [3.8, 4) is 40.2 Å². The van der Waals surface area contributed by atoms with Gasteiger partial charge in [0.1, 0.15) is 11.5 Å². The molecule has 2 aliphatic heterocycles. The summed E-state index contributed by atoms with van der Waals surface area (Å²) in [4.78, 5) is 19.6. The lowest BCUT2D eigenvalue weighted by Crippen LogP contribution is -2.35. The molecule has 0 N–H and O–H groups in total. The molecule has 0 aromatic heterocycles. The first-order valence-corrected chi connectivity index (χ1v) is 15.8. The van der Waals surface area contributed by atoms with Crippen LogP contribution in [0.2, 0.25) is 0 Å². The third-order valence-electron chi connectivity index (χ3n) is 7.81. The van der Waals surface area contributed by atoms with Gasteiger partial charge >= 0.3 is 0 Å². The number of carbonyl (C=O) groups is 1. The average Bonchev–Trinajstić information content (AvgIpc) is 3.51. The van der Waals surface area contributed by atoms with E-state index in [0.717, 1.165) is 25.8 Å². The second-order valence-corrected chi connectivity index (χ2v) is 11.3. The summed E-state index contributed by atoms with van der Waals surface area (Å²) in [6.45, 7) is 9.78. The second-order valence-electron chi connectivity index (χ2n) is 11.3. The summed E-state index contributed by atoms with van der Waals surface area (Å²) in [6.07, 6.45) is 4.60. The van der Waals surface area contributed by atoms with E-state index in [0.29, 0.717) is 59.0 Å². The van der Waals surface area contributed by atoms with E-state index < -0.39 is 5.82 Å². The van der Waals surface area contributed by atoms with Gasteiger partial charge in [-0.3, -0.25) is 9.79 Å². The van der Waals surface area contributed by atoms with E-state index in [2.05, 4.69) is 18.8 Å². The molecule has 46 heavy (non-hydrogen) atoms. The zero-order valence-electron chi connectivity index (χ0n) is 27.8. The summed E-state index contributed by atoms with van der Waals surface area (Å²) in [7, 11) is 4.64. The molecule has 3 aromatic carbocycles. The largest absolute Gasteiger partial charge is 0.493 e. The third kappa shape index (κ3) is 8.21. The van der Waals surface area contributed by atoms with Gasteiger partial charge in [-0.05, 0) is 61.4 Å². The summed E-state index contributed by atoms with van der Waals surface area (Å²) < 4.78 is 48.6. The van der Waals surface area contributed by atoms with Crippen LogP contribution in [0.5, 0.6) is 40.2 Å². The van der Waals surface area contributed by atoms with E-state index in [-0.39, 0.29) is 29.5 Å². The van der Waals surface area contributed by atoms with Crippen molar-refractivity contribution in [1.29, 1.82) is 0 Å². The highest BCUT2D eigenvalue weighted by atomic mass is 19.1. The summed E-state index contributed by atoms with van der Waals surface area (Å²) in [5.41, 5.74) is 1.13. The van der Waals surface area contributed by atoms with Gasteiger partial charge in [-0.15, -0.1) is 0 Å². The van der Waals surface area contributed by atoms with E-state index in [1.165, 1.54) is 19.2 Å². The Hall–Kier alpha value is -4.47. The molecule has 0 saturated carbocycles. The molecule has 3 unspecified atom stereocenters. The maximum absolute atomic E-state index is 14.8. The van der Waals surface area contributed by atoms with Gasteiger partial charge in [0.25, 0.3) is 5.91 Å². The Morgan fingerprint density at radius 3 is 2.17 bits per heavy atom. The number of hydrogen-bond donors (Lipinski definition) is 0. The van der Waals surface area contributed by atoms with Gasteiger partial charge in [0.2, 0.25) is 0 Å². The van der Waals surface area contributed by atoms with Gasteiger partial charge in [0.05, 0.1) is 51.8 Å². The minimum Gasteiger partial charge on any atom is -0.493 e. The number of methoxy groups -OCH3 is 3. The smallest absolute Gasteiger partial charge is 0.256 e. The van der Waals surface area contributed by atoms with Crippen LogP contribution in [-0.2, 0) is 0 Å².